The third-order valence-corrected chi connectivity index (χ3v) is 1.98. The van der Waals surface area contributed by atoms with Crippen molar-refractivity contribution in [2.45, 2.75) is 0 Å². The average molecular weight is 219 g/mol. The van der Waals surface area contributed by atoms with Gasteiger partial charge in [0.05, 0.1) is 6.61 Å². The Labute approximate surface area is 93.1 Å². The molecule has 0 saturated carbocycles. The molecule has 0 bridgehead atoms. The van der Waals surface area contributed by atoms with Gasteiger partial charge in [0.1, 0.15) is 5.69 Å². The summed E-state index contributed by atoms with van der Waals surface area (Å²) in [5.41, 5.74) is 0.773. The summed E-state index contributed by atoms with van der Waals surface area (Å²) < 4.78 is 4.91. The Morgan fingerprint density at radius 2 is 2.38 bits per heavy atom. The molecule has 0 amide bonds. The fourth-order valence-corrected chi connectivity index (χ4v) is 1.22. The van der Waals surface area contributed by atoms with Crippen LogP contribution in [0.2, 0.25) is 0 Å². The molecule has 2 aromatic rings. The number of H-pyrrole nitrogens is 1. The lowest BCUT2D eigenvalue weighted by atomic mass is 10.3. The third-order valence-electron chi connectivity index (χ3n) is 1.98. The predicted molar refractivity (Wildman–Crippen MR) is 60.0 cm³/mol. The van der Waals surface area contributed by atoms with Crippen molar-refractivity contribution < 1.29 is 4.74 Å². The van der Waals surface area contributed by atoms with E-state index in [2.05, 4.69) is 25.5 Å². The van der Waals surface area contributed by atoms with Crippen LogP contribution in [0.5, 0.6) is 0 Å². The maximum atomic E-state index is 4.91. The molecule has 0 radical (unpaired) electrons. The van der Waals surface area contributed by atoms with Crippen LogP contribution in [0.1, 0.15) is 0 Å². The first-order chi connectivity index (χ1) is 7.90. The minimum Gasteiger partial charge on any atom is -0.383 e. The fraction of sp³-hybridized carbons (Fsp3) is 0.300. The van der Waals surface area contributed by atoms with Crippen molar-refractivity contribution in [2.24, 2.45) is 0 Å². The second-order valence-corrected chi connectivity index (χ2v) is 3.14. The summed E-state index contributed by atoms with van der Waals surface area (Å²) in [6, 6.07) is 5.64. The van der Waals surface area contributed by atoms with Crippen molar-refractivity contribution in [1.82, 2.24) is 20.2 Å². The van der Waals surface area contributed by atoms with Crippen molar-refractivity contribution in [3.63, 3.8) is 0 Å². The molecule has 0 fully saturated rings. The van der Waals surface area contributed by atoms with Crippen LogP contribution in [-0.2, 0) is 4.74 Å². The minimum atomic E-state index is 0.553. The van der Waals surface area contributed by atoms with E-state index in [0.29, 0.717) is 24.9 Å². The molecule has 0 aliphatic carbocycles. The SMILES string of the molecule is COCCNc1n[nH]c(-c2ccccn2)n1. The summed E-state index contributed by atoms with van der Waals surface area (Å²) >= 11 is 0. The number of hydrogen-bond donors (Lipinski definition) is 2. The molecule has 6 heteroatoms. The van der Waals surface area contributed by atoms with Crippen LogP contribution in [0.3, 0.4) is 0 Å². The molecule has 2 rings (SSSR count). The van der Waals surface area contributed by atoms with Gasteiger partial charge < -0.3 is 10.1 Å². The average Bonchev–Trinajstić information content (AvgIpc) is 2.79. The highest BCUT2D eigenvalue weighted by atomic mass is 16.5. The molecule has 6 nitrogen and oxygen atoms in total. The highest BCUT2D eigenvalue weighted by Crippen LogP contribution is 2.11. The molecular weight excluding hydrogens is 206 g/mol. The van der Waals surface area contributed by atoms with E-state index in [9.17, 15) is 0 Å². The lowest BCUT2D eigenvalue weighted by molar-refractivity contribution is 0.210. The molecule has 0 aliphatic rings. The quantitative estimate of drug-likeness (QED) is 0.731. The van der Waals surface area contributed by atoms with Gasteiger partial charge in [0.25, 0.3) is 0 Å². The molecule has 84 valence electrons. The van der Waals surface area contributed by atoms with Crippen molar-refractivity contribution in [1.29, 1.82) is 0 Å². The fourth-order valence-electron chi connectivity index (χ4n) is 1.22. The number of pyridine rings is 1. The Hall–Kier alpha value is -1.95. The van der Waals surface area contributed by atoms with Crippen molar-refractivity contribution in [2.75, 3.05) is 25.6 Å². The molecule has 16 heavy (non-hydrogen) atoms. The van der Waals surface area contributed by atoms with Crippen LogP contribution in [-0.4, -0.2) is 40.4 Å². The van der Waals surface area contributed by atoms with Crippen LogP contribution in [0.4, 0.5) is 5.95 Å². The highest BCUT2D eigenvalue weighted by Gasteiger charge is 2.04. The number of rotatable bonds is 5. The largest absolute Gasteiger partial charge is 0.383 e. The first kappa shape index (κ1) is 10.6. The predicted octanol–water partition coefficient (Wildman–Crippen LogP) is 0.925. The van der Waals surface area contributed by atoms with Crippen LogP contribution in [0.25, 0.3) is 11.5 Å². The number of nitrogens with zero attached hydrogens (tertiary/aromatic N) is 3. The van der Waals surface area contributed by atoms with Gasteiger partial charge in [0, 0.05) is 19.9 Å². The van der Waals surface area contributed by atoms with E-state index >= 15 is 0 Å². The molecule has 2 N–H and O–H groups in total. The van der Waals surface area contributed by atoms with E-state index in [4.69, 9.17) is 4.74 Å². The third kappa shape index (κ3) is 2.54. The standard InChI is InChI=1S/C10H13N5O/c1-16-7-6-12-10-13-9(14-15-10)8-4-2-3-5-11-8/h2-5H,6-7H2,1H3,(H2,12,13,14,15). The summed E-state index contributed by atoms with van der Waals surface area (Å²) in [7, 11) is 1.65. The van der Waals surface area contributed by atoms with E-state index in [1.807, 2.05) is 18.2 Å². The Morgan fingerprint density at radius 1 is 1.44 bits per heavy atom. The number of aromatic amines is 1. The highest BCUT2D eigenvalue weighted by molar-refractivity contribution is 5.50. The summed E-state index contributed by atoms with van der Waals surface area (Å²) in [4.78, 5) is 8.43. The van der Waals surface area contributed by atoms with Gasteiger partial charge in [-0.1, -0.05) is 6.07 Å². The van der Waals surface area contributed by atoms with Crippen LogP contribution in [0, 0.1) is 0 Å². The van der Waals surface area contributed by atoms with E-state index in [-0.39, 0.29) is 0 Å². The van der Waals surface area contributed by atoms with Gasteiger partial charge in [-0.25, -0.2) is 0 Å². The number of ether oxygens (including phenoxy) is 1. The van der Waals surface area contributed by atoms with E-state index in [0.717, 1.165) is 5.69 Å². The molecule has 0 aliphatic heterocycles. The van der Waals surface area contributed by atoms with Gasteiger partial charge >= 0.3 is 0 Å². The molecule has 0 saturated heterocycles. The Morgan fingerprint density at radius 3 is 3.12 bits per heavy atom. The van der Waals surface area contributed by atoms with Crippen LogP contribution >= 0.6 is 0 Å². The Balaban J connectivity index is 2.02. The van der Waals surface area contributed by atoms with E-state index < -0.39 is 0 Å². The molecule has 2 aromatic heterocycles. The Kier molecular flexibility index (Phi) is 3.45. The number of hydrogen-bond acceptors (Lipinski definition) is 5. The van der Waals surface area contributed by atoms with Gasteiger partial charge in [-0.2, -0.15) is 4.98 Å². The topological polar surface area (TPSA) is 75.7 Å². The number of nitrogens with one attached hydrogen (secondary N) is 2. The smallest absolute Gasteiger partial charge is 0.242 e. The molecular formula is C10H13N5O. The van der Waals surface area contributed by atoms with Gasteiger partial charge in [-0.3, -0.25) is 10.1 Å². The van der Waals surface area contributed by atoms with Crippen molar-refractivity contribution in [3.8, 4) is 11.5 Å². The van der Waals surface area contributed by atoms with Gasteiger partial charge in [-0.05, 0) is 12.1 Å². The summed E-state index contributed by atoms with van der Waals surface area (Å²) in [6.45, 7) is 1.30. The first-order valence-corrected chi connectivity index (χ1v) is 4.97. The number of anilines is 1. The van der Waals surface area contributed by atoms with Crippen LogP contribution in [0.15, 0.2) is 24.4 Å². The normalized spacial score (nSPS) is 10.3. The number of aromatic nitrogens is 4. The van der Waals surface area contributed by atoms with E-state index in [1.54, 1.807) is 13.3 Å². The van der Waals surface area contributed by atoms with Crippen molar-refractivity contribution >= 4 is 5.95 Å². The van der Waals surface area contributed by atoms with Crippen LogP contribution < -0.4 is 5.32 Å². The molecule has 0 unspecified atom stereocenters. The molecule has 0 atom stereocenters. The van der Waals surface area contributed by atoms with Gasteiger partial charge in [0.15, 0.2) is 5.82 Å². The lowest BCUT2D eigenvalue weighted by Crippen LogP contribution is -2.08. The second kappa shape index (κ2) is 5.22. The van der Waals surface area contributed by atoms with E-state index in [1.165, 1.54) is 0 Å². The maximum absolute atomic E-state index is 4.91. The summed E-state index contributed by atoms with van der Waals surface area (Å²) in [5.74, 6) is 1.21. The zero-order valence-electron chi connectivity index (χ0n) is 8.97. The van der Waals surface area contributed by atoms with Crippen molar-refractivity contribution in [3.05, 3.63) is 24.4 Å². The van der Waals surface area contributed by atoms with Gasteiger partial charge in [0.2, 0.25) is 5.95 Å². The molecule has 0 aromatic carbocycles. The Bertz CT molecular complexity index is 428. The second-order valence-electron chi connectivity index (χ2n) is 3.14. The number of methoxy groups -OCH3 is 1. The maximum Gasteiger partial charge on any atom is 0.242 e. The zero-order chi connectivity index (χ0) is 11.2. The zero-order valence-corrected chi connectivity index (χ0v) is 8.97. The monoisotopic (exact) mass is 219 g/mol. The van der Waals surface area contributed by atoms with Gasteiger partial charge in [-0.15, -0.1) is 5.10 Å². The lowest BCUT2D eigenvalue weighted by Gasteiger charge is -1.98. The summed E-state index contributed by atoms with van der Waals surface area (Å²) in [6.07, 6.45) is 1.72. The molecule has 2 heterocycles. The minimum absolute atomic E-state index is 0.553. The summed E-state index contributed by atoms with van der Waals surface area (Å²) in [5, 5.41) is 9.87. The molecule has 0 spiro atoms. The first-order valence-electron chi connectivity index (χ1n) is 4.97.